The first-order valence-electron chi connectivity index (χ1n) is 7.80. The van der Waals surface area contributed by atoms with Gasteiger partial charge in [0.15, 0.2) is 5.82 Å². The Labute approximate surface area is 144 Å². The van der Waals surface area contributed by atoms with Gasteiger partial charge in [-0.3, -0.25) is 0 Å². The molecule has 0 fully saturated rings. The molecule has 0 N–H and O–H groups in total. The molecule has 4 heteroatoms. The van der Waals surface area contributed by atoms with Crippen molar-refractivity contribution in [2.24, 2.45) is 0 Å². The SMILES string of the molecule is Cc1ccnc(-c2ccc3c(n2)-c2cccc(Br)c2CCC3)n1. The molecule has 0 saturated heterocycles. The van der Waals surface area contributed by atoms with Gasteiger partial charge in [0.25, 0.3) is 0 Å². The molecule has 3 nitrogen and oxygen atoms in total. The van der Waals surface area contributed by atoms with E-state index in [1.165, 1.54) is 21.2 Å². The van der Waals surface area contributed by atoms with Crippen LogP contribution in [0.4, 0.5) is 0 Å². The van der Waals surface area contributed by atoms with E-state index in [2.05, 4.69) is 50.2 Å². The molecule has 0 spiro atoms. The van der Waals surface area contributed by atoms with Crippen LogP contribution in [0.1, 0.15) is 23.2 Å². The fraction of sp³-hybridized carbons (Fsp3) is 0.211. The van der Waals surface area contributed by atoms with Gasteiger partial charge < -0.3 is 0 Å². The number of benzene rings is 1. The fourth-order valence-electron chi connectivity index (χ4n) is 3.11. The van der Waals surface area contributed by atoms with Gasteiger partial charge in [0.2, 0.25) is 0 Å². The van der Waals surface area contributed by atoms with Gasteiger partial charge in [-0.05, 0) is 55.5 Å². The maximum atomic E-state index is 4.92. The summed E-state index contributed by atoms with van der Waals surface area (Å²) in [6.45, 7) is 1.97. The summed E-state index contributed by atoms with van der Waals surface area (Å²) in [6.07, 6.45) is 5.06. The lowest BCUT2D eigenvalue weighted by molar-refractivity contribution is 0.831. The molecule has 1 aliphatic rings. The van der Waals surface area contributed by atoms with Crippen molar-refractivity contribution in [1.29, 1.82) is 0 Å². The Bertz CT molecular complexity index is 890. The molecule has 1 aliphatic carbocycles. The number of aromatic nitrogens is 3. The molecular formula is C19H16BrN3. The van der Waals surface area contributed by atoms with E-state index in [1.54, 1.807) is 6.20 Å². The number of rotatable bonds is 1. The molecule has 0 bridgehead atoms. The number of fused-ring (bicyclic) bond motifs is 3. The molecule has 0 atom stereocenters. The first-order valence-corrected chi connectivity index (χ1v) is 8.59. The van der Waals surface area contributed by atoms with Crippen LogP contribution in [0.2, 0.25) is 0 Å². The van der Waals surface area contributed by atoms with Gasteiger partial charge in [0.05, 0.1) is 5.69 Å². The third-order valence-corrected chi connectivity index (χ3v) is 4.99. The Morgan fingerprint density at radius 2 is 1.91 bits per heavy atom. The summed E-state index contributed by atoms with van der Waals surface area (Å²) < 4.78 is 1.17. The Hall–Kier alpha value is -2.07. The highest BCUT2D eigenvalue weighted by atomic mass is 79.9. The van der Waals surface area contributed by atoms with Crippen LogP contribution in [0.15, 0.2) is 47.1 Å². The number of halogens is 1. The van der Waals surface area contributed by atoms with Crippen LogP contribution >= 0.6 is 15.9 Å². The summed E-state index contributed by atoms with van der Waals surface area (Å²) in [5, 5.41) is 0. The summed E-state index contributed by atoms with van der Waals surface area (Å²) in [5.74, 6) is 0.689. The predicted molar refractivity (Wildman–Crippen MR) is 95.2 cm³/mol. The first kappa shape index (κ1) is 14.5. The summed E-state index contributed by atoms with van der Waals surface area (Å²) in [7, 11) is 0. The molecule has 0 unspecified atom stereocenters. The third-order valence-electron chi connectivity index (χ3n) is 4.25. The van der Waals surface area contributed by atoms with Crippen molar-refractivity contribution in [2.45, 2.75) is 26.2 Å². The van der Waals surface area contributed by atoms with Crippen LogP contribution in [-0.4, -0.2) is 15.0 Å². The van der Waals surface area contributed by atoms with Crippen LogP contribution < -0.4 is 0 Å². The molecule has 2 aromatic heterocycles. The predicted octanol–water partition coefficient (Wildman–Crippen LogP) is 4.77. The maximum absolute atomic E-state index is 4.92. The van der Waals surface area contributed by atoms with Crippen LogP contribution in [-0.2, 0) is 12.8 Å². The van der Waals surface area contributed by atoms with E-state index in [4.69, 9.17) is 4.98 Å². The second-order valence-corrected chi connectivity index (χ2v) is 6.70. The quantitative estimate of drug-likeness (QED) is 0.623. The second-order valence-electron chi connectivity index (χ2n) is 5.85. The third kappa shape index (κ3) is 2.68. The van der Waals surface area contributed by atoms with Crippen LogP contribution in [0.3, 0.4) is 0 Å². The Balaban J connectivity index is 1.91. The molecule has 0 saturated carbocycles. The molecule has 23 heavy (non-hydrogen) atoms. The Morgan fingerprint density at radius 1 is 1.00 bits per heavy atom. The van der Waals surface area contributed by atoms with Gasteiger partial charge in [-0.25, -0.2) is 15.0 Å². The number of nitrogens with zero attached hydrogens (tertiary/aromatic N) is 3. The van der Waals surface area contributed by atoms with Crippen molar-refractivity contribution in [1.82, 2.24) is 15.0 Å². The Morgan fingerprint density at radius 3 is 2.78 bits per heavy atom. The molecule has 2 heterocycles. The minimum absolute atomic E-state index is 0.689. The van der Waals surface area contributed by atoms with Crippen molar-refractivity contribution in [2.75, 3.05) is 0 Å². The molecule has 0 radical (unpaired) electrons. The number of hydrogen-bond acceptors (Lipinski definition) is 3. The lowest BCUT2D eigenvalue weighted by Gasteiger charge is -2.11. The molecular weight excluding hydrogens is 350 g/mol. The minimum Gasteiger partial charge on any atom is -0.244 e. The van der Waals surface area contributed by atoms with E-state index in [0.29, 0.717) is 5.82 Å². The standard InChI is InChI=1S/C19H16BrN3/c1-12-10-11-21-19(22-12)17-9-8-13-4-2-5-14-15(18(13)23-17)6-3-7-16(14)20/h3,6-11H,2,4-5H2,1H3. The zero-order valence-electron chi connectivity index (χ0n) is 12.9. The second kappa shape index (κ2) is 5.85. The van der Waals surface area contributed by atoms with Crippen molar-refractivity contribution in [3.05, 3.63) is 63.9 Å². The van der Waals surface area contributed by atoms with E-state index in [0.717, 1.165) is 36.3 Å². The van der Waals surface area contributed by atoms with E-state index in [9.17, 15) is 0 Å². The first-order chi connectivity index (χ1) is 11.2. The normalized spacial score (nSPS) is 13.1. The summed E-state index contributed by atoms with van der Waals surface area (Å²) in [5.41, 5.74) is 6.73. The highest BCUT2D eigenvalue weighted by Gasteiger charge is 2.18. The number of pyridine rings is 1. The monoisotopic (exact) mass is 365 g/mol. The van der Waals surface area contributed by atoms with Crippen LogP contribution in [0, 0.1) is 6.92 Å². The lowest BCUT2D eigenvalue weighted by atomic mass is 10.0. The van der Waals surface area contributed by atoms with Gasteiger partial charge in [-0.2, -0.15) is 0 Å². The lowest BCUT2D eigenvalue weighted by Crippen LogP contribution is -1.98. The van der Waals surface area contributed by atoms with E-state index in [-0.39, 0.29) is 0 Å². The van der Waals surface area contributed by atoms with Gasteiger partial charge in [-0.15, -0.1) is 0 Å². The van der Waals surface area contributed by atoms with Gasteiger partial charge in [-0.1, -0.05) is 34.1 Å². The van der Waals surface area contributed by atoms with Crippen LogP contribution in [0.25, 0.3) is 22.8 Å². The van der Waals surface area contributed by atoms with Crippen molar-refractivity contribution >= 4 is 15.9 Å². The fourth-order valence-corrected chi connectivity index (χ4v) is 3.67. The summed E-state index contributed by atoms with van der Waals surface area (Å²) in [6, 6.07) is 12.5. The molecule has 1 aromatic carbocycles. The van der Waals surface area contributed by atoms with E-state index >= 15 is 0 Å². The molecule has 3 aromatic rings. The van der Waals surface area contributed by atoms with E-state index < -0.39 is 0 Å². The Kier molecular flexibility index (Phi) is 3.69. The van der Waals surface area contributed by atoms with Crippen molar-refractivity contribution in [3.8, 4) is 22.8 Å². The van der Waals surface area contributed by atoms with Gasteiger partial charge >= 0.3 is 0 Å². The maximum Gasteiger partial charge on any atom is 0.178 e. The zero-order valence-corrected chi connectivity index (χ0v) is 14.5. The van der Waals surface area contributed by atoms with Crippen molar-refractivity contribution in [3.63, 3.8) is 0 Å². The molecule has 4 rings (SSSR count). The van der Waals surface area contributed by atoms with Gasteiger partial charge in [0, 0.05) is 21.9 Å². The topological polar surface area (TPSA) is 38.7 Å². The zero-order chi connectivity index (χ0) is 15.8. The molecule has 0 amide bonds. The smallest absolute Gasteiger partial charge is 0.178 e. The summed E-state index contributed by atoms with van der Waals surface area (Å²) in [4.78, 5) is 13.8. The average Bonchev–Trinajstić information content (AvgIpc) is 2.75. The minimum atomic E-state index is 0.689. The van der Waals surface area contributed by atoms with E-state index in [1.807, 2.05) is 19.1 Å². The average molecular weight is 366 g/mol. The van der Waals surface area contributed by atoms with Crippen LogP contribution in [0.5, 0.6) is 0 Å². The number of hydrogen-bond donors (Lipinski definition) is 0. The number of aryl methyl sites for hydroxylation is 2. The van der Waals surface area contributed by atoms with Crippen molar-refractivity contribution < 1.29 is 0 Å². The summed E-state index contributed by atoms with van der Waals surface area (Å²) >= 11 is 3.69. The highest BCUT2D eigenvalue weighted by molar-refractivity contribution is 9.10. The molecule has 0 aliphatic heterocycles. The highest BCUT2D eigenvalue weighted by Crippen LogP contribution is 2.35. The molecule has 114 valence electrons. The van der Waals surface area contributed by atoms with Gasteiger partial charge in [0.1, 0.15) is 5.69 Å². The largest absolute Gasteiger partial charge is 0.244 e.